The Balaban J connectivity index is 2.73. The summed E-state index contributed by atoms with van der Waals surface area (Å²) in [4.78, 5) is 12.8. The average molecular weight is 298 g/mol. The van der Waals surface area contributed by atoms with E-state index in [-0.39, 0.29) is 5.56 Å². The minimum absolute atomic E-state index is 0.0619. The normalized spacial score (nSPS) is 11.0. The Hall–Kier alpha value is -1.87. The lowest BCUT2D eigenvalue weighted by Crippen LogP contribution is -2.28. The molecule has 0 amide bonds. The summed E-state index contributed by atoms with van der Waals surface area (Å²) in [6.45, 7) is 9.33. The molecule has 2 N–H and O–H groups in total. The van der Waals surface area contributed by atoms with Crippen molar-refractivity contribution >= 4 is 0 Å². The van der Waals surface area contributed by atoms with Crippen LogP contribution < -0.4 is 11.3 Å². The van der Waals surface area contributed by atoms with Crippen molar-refractivity contribution < 1.29 is 0 Å². The number of aryl methyl sites for hydroxylation is 3. The van der Waals surface area contributed by atoms with Gasteiger partial charge >= 0.3 is 0 Å². The van der Waals surface area contributed by atoms with Gasteiger partial charge in [0.05, 0.1) is 5.69 Å². The minimum atomic E-state index is 0.0619. The van der Waals surface area contributed by atoms with E-state index in [1.807, 2.05) is 11.5 Å². The van der Waals surface area contributed by atoms with Crippen LogP contribution in [-0.4, -0.2) is 4.57 Å². The fourth-order valence-corrected chi connectivity index (χ4v) is 2.83. The third-order valence-corrected chi connectivity index (χ3v) is 4.23. The number of rotatable bonds is 5. The van der Waals surface area contributed by atoms with E-state index in [2.05, 4.69) is 45.0 Å². The largest absolute Gasteiger partial charge is 0.326 e. The highest BCUT2D eigenvalue weighted by atomic mass is 16.1. The molecule has 1 heterocycles. The fourth-order valence-electron chi connectivity index (χ4n) is 2.83. The Labute approximate surface area is 132 Å². The van der Waals surface area contributed by atoms with Gasteiger partial charge in [-0.25, -0.2) is 0 Å². The van der Waals surface area contributed by atoms with E-state index in [0.717, 1.165) is 41.8 Å². The minimum Gasteiger partial charge on any atom is -0.326 e. The molecule has 0 spiro atoms. The van der Waals surface area contributed by atoms with Crippen molar-refractivity contribution in [3.63, 3.8) is 0 Å². The fraction of sp³-hybridized carbons (Fsp3) is 0.421. The lowest BCUT2D eigenvalue weighted by Gasteiger charge is -2.18. The molecule has 0 aliphatic rings. The summed E-state index contributed by atoms with van der Waals surface area (Å²) in [7, 11) is 0. The molecule has 2 rings (SSSR count). The topological polar surface area (TPSA) is 48.0 Å². The van der Waals surface area contributed by atoms with Crippen LogP contribution in [0.5, 0.6) is 0 Å². The number of aromatic nitrogens is 1. The van der Waals surface area contributed by atoms with Crippen LogP contribution in [0.15, 0.2) is 29.1 Å². The molecular formula is C19H26N2O. The Morgan fingerprint density at radius 3 is 2.45 bits per heavy atom. The smallest absolute Gasteiger partial charge is 0.255 e. The molecule has 2 aromatic rings. The van der Waals surface area contributed by atoms with Crippen LogP contribution in [0.2, 0.25) is 0 Å². The average Bonchev–Trinajstić information content (AvgIpc) is 2.49. The van der Waals surface area contributed by atoms with Crippen molar-refractivity contribution in [2.24, 2.45) is 5.73 Å². The zero-order chi connectivity index (χ0) is 16.3. The van der Waals surface area contributed by atoms with E-state index < -0.39 is 0 Å². The summed E-state index contributed by atoms with van der Waals surface area (Å²) in [6.07, 6.45) is 2.05. The second kappa shape index (κ2) is 6.93. The molecule has 3 heteroatoms. The van der Waals surface area contributed by atoms with E-state index in [1.54, 1.807) is 0 Å². The molecule has 0 unspecified atom stereocenters. The molecule has 0 aliphatic heterocycles. The van der Waals surface area contributed by atoms with Gasteiger partial charge in [-0.05, 0) is 50.5 Å². The lowest BCUT2D eigenvalue weighted by atomic mass is 9.99. The van der Waals surface area contributed by atoms with Crippen LogP contribution in [-0.2, 0) is 13.1 Å². The molecule has 0 radical (unpaired) electrons. The molecule has 0 bridgehead atoms. The molecule has 0 saturated heterocycles. The van der Waals surface area contributed by atoms with Gasteiger partial charge in [0.15, 0.2) is 0 Å². The van der Waals surface area contributed by atoms with Crippen molar-refractivity contribution in [2.75, 3.05) is 0 Å². The molecule has 0 aliphatic carbocycles. The number of benzene rings is 1. The highest BCUT2D eigenvalue weighted by Gasteiger charge is 2.14. The van der Waals surface area contributed by atoms with Gasteiger partial charge in [-0.3, -0.25) is 4.79 Å². The Kier molecular flexibility index (Phi) is 5.19. The zero-order valence-electron chi connectivity index (χ0n) is 14.1. The van der Waals surface area contributed by atoms with Gasteiger partial charge in [-0.15, -0.1) is 0 Å². The second-order valence-electron chi connectivity index (χ2n) is 6.02. The Morgan fingerprint density at radius 1 is 1.09 bits per heavy atom. The third kappa shape index (κ3) is 3.14. The molecular weight excluding hydrogens is 272 g/mol. The summed E-state index contributed by atoms with van der Waals surface area (Å²) < 4.78 is 1.90. The van der Waals surface area contributed by atoms with Crippen LogP contribution in [0.3, 0.4) is 0 Å². The van der Waals surface area contributed by atoms with Gasteiger partial charge in [0.2, 0.25) is 0 Å². The number of hydrogen-bond acceptors (Lipinski definition) is 2. The predicted molar refractivity (Wildman–Crippen MR) is 93.1 cm³/mol. The molecule has 1 aromatic heterocycles. The summed E-state index contributed by atoms with van der Waals surface area (Å²) in [5, 5.41) is 0. The number of pyridine rings is 1. The molecule has 22 heavy (non-hydrogen) atoms. The number of nitrogens with two attached hydrogens (primary N) is 1. The van der Waals surface area contributed by atoms with Crippen molar-refractivity contribution in [3.8, 4) is 11.3 Å². The van der Waals surface area contributed by atoms with Gasteiger partial charge in [0, 0.05) is 24.2 Å². The number of unbranched alkanes of at least 4 members (excludes halogenated alkanes) is 1. The van der Waals surface area contributed by atoms with E-state index in [9.17, 15) is 4.79 Å². The van der Waals surface area contributed by atoms with Crippen molar-refractivity contribution in [2.45, 2.75) is 53.6 Å². The number of hydrogen-bond donors (Lipinski definition) is 1. The summed E-state index contributed by atoms with van der Waals surface area (Å²) >= 11 is 0. The number of nitrogens with zero attached hydrogens (tertiary/aromatic N) is 1. The first-order valence-electron chi connectivity index (χ1n) is 8.00. The monoisotopic (exact) mass is 298 g/mol. The molecule has 118 valence electrons. The van der Waals surface area contributed by atoms with Crippen molar-refractivity contribution in [1.29, 1.82) is 0 Å². The van der Waals surface area contributed by atoms with Crippen LogP contribution in [0, 0.1) is 20.8 Å². The Bertz CT molecular complexity index is 729. The summed E-state index contributed by atoms with van der Waals surface area (Å²) in [5.41, 5.74) is 12.1. The van der Waals surface area contributed by atoms with Gasteiger partial charge in [0.1, 0.15) is 0 Å². The van der Waals surface area contributed by atoms with E-state index in [0.29, 0.717) is 6.54 Å². The third-order valence-electron chi connectivity index (χ3n) is 4.23. The highest BCUT2D eigenvalue weighted by molar-refractivity contribution is 5.66. The SMILES string of the molecule is CCCCn1c(-c2cc(C)ccc2C)cc(C)c(CN)c1=O. The quantitative estimate of drug-likeness (QED) is 0.915. The Morgan fingerprint density at radius 2 is 1.82 bits per heavy atom. The van der Waals surface area contributed by atoms with Crippen molar-refractivity contribution in [1.82, 2.24) is 4.57 Å². The van der Waals surface area contributed by atoms with Gasteiger partial charge in [-0.2, -0.15) is 0 Å². The van der Waals surface area contributed by atoms with E-state index in [4.69, 9.17) is 5.73 Å². The van der Waals surface area contributed by atoms with Gasteiger partial charge in [0.25, 0.3) is 5.56 Å². The van der Waals surface area contributed by atoms with Gasteiger partial charge in [-0.1, -0.05) is 31.0 Å². The van der Waals surface area contributed by atoms with Crippen LogP contribution in [0.4, 0.5) is 0 Å². The van der Waals surface area contributed by atoms with Crippen molar-refractivity contribution in [3.05, 3.63) is 56.9 Å². The maximum absolute atomic E-state index is 12.8. The summed E-state index contributed by atoms with van der Waals surface area (Å²) in [6, 6.07) is 8.50. The standard InChI is InChI=1S/C19H26N2O/c1-5-6-9-21-18(11-15(4)17(12-20)19(21)22)16-10-13(2)7-8-14(16)3/h7-8,10-11H,5-6,9,12,20H2,1-4H3. The second-order valence-corrected chi connectivity index (χ2v) is 6.02. The lowest BCUT2D eigenvalue weighted by molar-refractivity contribution is 0.612. The highest BCUT2D eigenvalue weighted by Crippen LogP contribution is 2.25. The predicted octanol–water partition coefficient (Wildman–Crippen LogP) is 3.70. The molecule has 0 fully saturated rings. The molecule has 0 saturated carbocycles. The first-order valence-corrected chi connectivity index (χ1v) is 8.00. The first-order chi connectivity index (χ1) is 10.5. The first kappa shape index (κ1) is 16.5. The molecule has 3 nitrogen and oxygen atoms in total. The van der Waals surface area contributed by atoms with Crippen LogP contribution >= 0.6 is 0 Å². The van der Waals surface area contributed by atoms with E-state index >= 15 is 0 Å². The van der Waals surface area contributed by atoms with Crippen LogP contribution in [0.1, 0.15) is 42.0 Å². The maximum Gasteiger partial charge on any atom is 0.255 e. The molecule has 1 aromatic carbocycles. The zero-order valence-corrected chi connectivity index (χ0v) is 14.1. The van der Waals surface area contributed by atoms with E-state index in [1.165, 1.54) is 11.1 Å². The molecule has 0 atom stereocenters. The van der Waals surface area contributed by atoms with Gasteiger partial charge < -0.3 is 10.3 Å². The maximum atomic E-state index is 12.8. The summed E-state index contributed by atoms with van der Waals surface area (Å²) in [5.74, 6) is 0. The van der Waals surface area contributed by atoms with Crippen LogP contribution in [0.25, 0.3) is 11.3 Å².